The smallest absolute Gasteiger partial charge is 0.119 e. The Hall–Kier alpha value is -2.36. The molecule has 0 saturated carbocycles. The molecule has 3 rings (SSSR count). The number of benzene rings is 2. The number of hydrogen-bond donors (Lipinski definition) is 1. The van der Waals surface area contributed by atoms with Gasteiger partial charge in [0.1, 0.15) is 16.8 Å². The van der Waals surface area contributed by atoms with Crippen molar-refractivity contribution in [2.75, 3.05) is 0 Å². The monoisotopic (exact) mass is 281 g/mol. The number of para-hydroxylation sites is 1. The molecular formula is C17H19N3O. The summed E-state index contributed by atoms with van der Waals surface area (Å²) in [6, 6.07) is 15.4. The predicted molar refractivity (Wildman–Crippen MR) is 83.3 cm³/mol. The lowest BCUT2D eigenvalue weighted by atomic mass is 9.94. The molecule has 1 aromatic heterocycles. The number of hydrogen-bond acceptors (Lipinski definition) is 3. The molecule has 0 spiro atoms. The van der Waals surface area contributed by atoms with Crippen LogP contribution in [0.4, 0.5) is 0 Å². The molecule has 0 bridgehead atoms. The minimum absolute atomic E-state index is 0.220. The normalized spacial score (nSPS) is 12.6. The van der Waals surface area contributed by atoms with Crippen LogP contribution in [0.2, 0.25) is 0 Å². The van der Waals surface area contributed by atoms with Crippen molar-refractivity contribution < 1.29 is 5.11 Å². The van der Waals surface area contributed by atoms with E-state index < -0.39 is 0 Å². The minimum Gasteiger partial charge on any atom is -0.508 e. The first-order valence-electron chi connectivity index (χ1n) is 7.35. The Morgan fingerprint density at radius 1 is 1.00 bits per heavy atom. The van der Waals surface area contributed by atoms with Gasteiger partial charge in [0.05, 0.1) is 6.54 Å². The Kier molecular flexibility index (Phi) is 3.86. The number of nitrogens with zero attached hydrogens (tertiary/aromatic N) is 3. The largest absolute Gasteiger partial charge is 0.508 e. The molecular weight excluding hydrogens is 262 g/mol. The molecule has 0 aliphatic carbocycles. The lowest BCUT2D eigenvalue weighted by molar-refractivity contribution is 0.418. The summed E-state index contributed by atoms with van der Waals surface area (Å²) in [5.74, 6) is 0.575. The van der Waals surface area contributed by atoms with Gasteiger partial charge in [0.15, 0.2) is 0 Å². The molecule has 108 valence electrons. The third-order valence-electron chi connectivity index (χ3n) is 3.73. The van der Waals surface area contributed by atoms with E-state index in [9.17, 15) is 5.11 Å². The van der Waals surface area contributed by atoms with E-state index in [1.54, 1.807) is 10.9 Å². The van der Waals surface area contributed by atoms with Gasteiger partial charge in [-0.2, -0.15) is 15.0 Å². The SMILES string of the molecule is CCCC(Cn1nc2ccccc2n1)c1ccccc1O. The van der Waals surface area contributed by atoms with E-state index in [1.165, 1.54) is 0 Å². The molecule has 21 heavy (non-hydrogen) atoms. The van der Waals surface area contributed by atoms with Gasteiger partial charge in [-0.15, -0.1) is 0 Å². The fourth-order valence-electron chi connectivity index (χ4n) is 2.71. The van der Waals surface area contributed by atoms with Crippen LogP contribution in [-0.2, 0) is 6.54 Å². The molecule has 4 nitrogen and oxygen atoms in total. The molecule has 1 atom stereocenters. The first kappa shape index (κ1) is 13.6. The van der Waals surface area contributed by atoms with Crippen LogP contribution in [-0.4, -0.2) is 20.1 Å². The topological polar surface area (TPSA) is 50.9 Å². The van der Waals surface area contributed by atoms with Crippen molar-refractivity contribution >= 4 is 11.0 Å². The van der Waals surface area contributed by atoms with Crippen LogP contribution >= 0.6 is 0 Å². The third kappa shape index (κ3) is 2.89. The fourth-order valence-corrected chi connectivity index (χ4v) is 2.71. The highest BCUT2D eigenvalue weighted by Crippen LogP contribution is 2.30. The van der Waals surface area contributed by atoms with Crippen molar-refractivity contribution in [3.8, 4) is 5.75 Å². The quantitative estimate of drug-likeness (QED) is 0.775. The summed E-state index contributed by atoms with van der Waals surface area (Å²) in [6.07, 6.45) is 2.05. The van der Waals surface area contributed by atoms with Gasteiger partial charge in [0.2, 0.25) is 0 Å². The Bertz CT molecular complexity index is 702. The zero-order chi connectivity index (χ0) is 14.7. The number of phenols is 1. The van der Waals surface area contributed by atoms with Gasteiger partial charge < -0.3 is 5.11 Å². The lowest BCUT2D eigenvalue weighted by Gasteiger charge is -2.17. The first-order valence-corrected chi connectivity index (χ1v) is 7.35. The molecule has 4 heteroatoms. The molecule has 0 fully saturated rings. The lowest BCUT2D eigenvalue weighted by Crippen LogP contribution is -2.12. The number of fused-ring (bicyclic) bond motifs is 1. The minimum atomic E-state index is 0.220. The van der Waals surface area contributed by atoms with E-state index in [0.29, 0.717) is 12.3 Å². The molecule has 0 radical (unpaired) electrons. The highest BCUT2D eigenvalue weighted by atomic mass is 16.3. The molecule has 1 unspecified atom stereocenters. The van der Waals surface area contributed by atoms with Crippen molar-refractivity contribution in [2.24, 2.45) is 0 Å². The highest BCUT2D eigenvalue weighted by molar-refractivity contribution is 5.72. The van der Waals surface area contributed by atoms with Gasteiger partial charge in [-0.05, 0) is 30.2 Å². The fraction of sp³-hybridized carbons (Fsp3) is 0.294. The van der Waals surface area contributed by atoms with Crippen LogP contribution in [0.5, 0.6) is 5.75 Å². The number of rotatable bonds is 5. The third-order valence-corrected chi connectivity index (χ3v) is 3.73. The number of phenolic OH excluding ortho intramolecular Hbond substituents is 1. The van der Waals surface area contributed by atoms with Crippen molar-refractivity contribution in [3.05, 3.63) is 54.1 Å². The summed E-state index contributed by atoms with van der Waals surface area (Å²) < 4.78 is 0. The maximum Gasteiger partial charge on any atom is 0.119 e. The van der Waals surface area contributed by atoms with Gasteiger partial charge in [-0.1, -0.05) is 43.7 Å². The van der Waals surface area contributed by atoms with E-state index in [4.69, 9.17) is 0 Å². The zero-order valence-corrected chi connectivity index (χ0v) is 12.1. The molecule has 0 saturated heterocycles. The average molecular weight is 281 g/mol. The van der Waals surface area contributed by atoms with E-state index in [2.05, 4.69) is 17.1 Å². The summed E-state index contributed by atoms with van der Waals surface area (Å²) in [5, 5.41) is 19.1. The molecule has 1 heterocycles. The van der Waals surface area contributed by atoms with Crippen molar-refractivity contribution in [1.82, 2.24) is 15.0 Å². The van der Waals surface area contributed by atoms with Gasteiger partial charge in [0.25, 0.3) is 0 Å². The van der Waals surface area contributed by atoms with Crippen LogP contribution in [0.25, 0.3) is 11.0 Å². The summed E-state index contributed by atoms with van der Waals surface area (Å²) in [7, 11) is 0. The standard InChI is InChI=1S/C17H19N3O/c1-2-7-13(14-8-3-6-11-17(14)21)12-20-18-15-9-4-5-10-16(15)19-20/h3-6,8-11,13,21H,2,7,12H2,1H3. The number of aromatic hydroxyl groups is 1. The Morgan fingerprint density at radius 3 is 2.24 bits per heavy atom. The summed E-state index contributed by atoms with van der Waals surface area (Å²) in [6.45, 7) is 2.83. The second-order valence-electron chi connectivity index (χ2n) is 5.29. The Balaban J connectivity index is 1.90. The maximum atomic E-state index is 10.1. The van der Waals surface area contributed by atoms with Crippen LogP contribution in [0, 0.1) is 0 Å². The van der Waals surface area contributed by atoms with Crippen LogP contribution in [0.3, 0.4) is 0 Å². The first-order chi connectivity index (χ1) is 10.3. The maximum absolute atomic E-state index is 10.1. The van der Waals surface area contributed by atoms with Gasteiger partial charge >= 0.3 is 0 Å². The van der Waals surface area contributed by atoms with Gasteiger partial charge in [-0.25, -0.2) is 0 Å². The van der Waals surface area contributed by atoms with Crippen molar-refractivity contribution in [1.29, 1.82) is 0 Å². The second kappa shape index (κ2) is 5.95. The number of aromatic nitrogens is 3. The summed E-state index contributed by atoms with van der Waals surface area (Å²) >= 11 is 0. The van der Waals surface area contributed by atoms with Gasteiger partial charge in [-0.3, -0.25) is 0 Å². The molecule has 2 aromatic carbocycles. The molecule has 0 amide bonds. The van der Waals surface area contributed by atoms with Gasteiger partial charge in [0, 0.05) is 5.92 Å². The molecule has 0 aliphatic rings. The molecule has 1 N–H and O–H groups in total. The van der Waals surface area contributed by atoms with E-state index in [-0.39, 0.29) is 5.92 Å². The van der Waals surface area contributed by atoms with Crippen LogP contribution < -0.4 is 0 Å². The van der Waals surface area contributed by atoms with E-state index in [0.717, 1.165) is 29.4 Å². The van der Waals surface area contributed by atoms with Crippen LogP contribution in [0.15, 0.2) is 48.5 Å². The van der Waals surface area contributed by atoms with Crippen LogP contribution in [0.1, 0.15) is 31.2 Å². The molecule has 3 aromatic rings. The van der Waals surface area contributed by atoms with E-state index >= 15 is 0 Å². The predicted octanol–water partition coefficient (Wildman–Crippen LogP) is 3.72. The van der Waals surface area contributed by atoms with Crippen molar-refractivity contribution in [3.63, 3.8) is 0 Å². The Morgan fingerprint density at radius 2 is 1.62 bits per heavy atom. The second-order valence-corrected chi connectivity index (χ2v) is 5.29. The highest BCUT2D eigenvalue weighted by Gasteiger charge is 2.16. The molecule has 0 aliphatic heterocycles. The summed E-state index contributed by atoms with van der Waals surface area (Å²) in [5.41, 5.74) is 2.79. The zero-order valence-electron chi connectivity index (χ0n) is 12.1. The van der Waals surface area contributed by atoms with Crippen molar-refractivity contribution in [2.45, 2.75) is 32.2 Å². The Labute approximate surface area is 124 Å². The van der Waals surface area contributed by atoms with E-state index in [1.807, 2.05) is 42.5 Å². The average Bonchev–Trinajstić information content (AvgIpc) is 2.89. The summed E-state index contributed by atoms with van der Waals surface area (Å²) in [4.78, 5) is 1.75.